The molecule has 2 atom stereocenters. The third-order valence-corrected chi connectivity index (χ3v) is 4.32. The van der Waals surface area contributed by atoms with Crippen LogP contribution < -0.4 is 10.5 Å². The molecule has 2 aromatic carbocycles. The molecule has 0 saturated carbocycles. The topological polar surface area (TPSA) is 35.2 Å². The molecular weight excluding hydrogens is 304 g/mol. The molecule has 1 aromatic heterocycles. The van der Waals surface area contributed by atoms with Crippen molar-refractivity contribution in [1.29, 1.82) is 0 Å². The van der Waals surface area contributed by atoms with Crippen LogP contribution in [0.2, 0.25) is 0 Å². The van der Waals surface area contributed by atoms with Gasteiger partial charge in [0.1, 0.15) is 11.6 Å². The van der Waals surface area contributed by atoms with Crippen LogP contribution in [0.15, 0.2) is 53.9 Å². The molecule has 0 fully saturated rings. The minimum Gasteiger partial charge on any atom is -0.482 e. The Balaban J connectivity index is 1.98. The van der Waals surface area contributed by atoms with Crippen molar-refractivity contribution in [1.82, 2.24) is 0 Å². The van der Waals surface area contributed by atoms with E-state index in [0.717, 1.165) is 10.1 Å². The zero-order valence-corrected chi connectivity index (χ0v) is 12.5. The van der Waals surface area contributed by atoms with Gasteiger partial charge in [0.15, 0.2) is 12.3 Å². The highest BCUT2D eigenvalue weighted by Gasteiger charge is 2.25. The molecular formula is C17H15F2NOS. The Morgan fingerprint density at radius 1 is 1.14 bits per heavy atom. The SMILES string of the molecule is NC[C@H](F)[C@@H](Oc1cccc2sccc12)c1cccc(F)c1. The first-order valence-corrected chi connectivity index (χ1v) is 7.79. The van der Waals surface area contributed by atoms with Crippen LogP contribution in [0.5, 0.6) is 5.75 Å². The summed E-state index contributed by atoms with van der Waals surface area (Å²) in [7, 11) is 0. The molecule has 0 spiro atoms. The van der Waals surface area contributed by atoms with Crippen molar-refractivity contribution in [2.75, 3.05) is 6.54 Å². The molecule has 3 aromatic rings. The summed E-state index contributed by atoms with van der Waals surface area (Å²) in [4.78, 5) is 0. The molecule has 0 radical (unpaired) electrons. The molecule has 0 aliphatic carbocycles. The number of fused-ring (bicyclic) bond motifs is 1. The summed E-state index contributed by atoms with van der Waals surface area (Å²) in [5.74, 6) is 0.146. The third-order valence-electron chi connectivity index (χ3n) is 3.44. The maximum absolute atomic E-state index is 14.3. The average Bonchev–Trinajstić information content (AvgIpc) is 3.01. The second-order valence-corrected chi connectivity index (χ2v) is 5.88. The lowest BCUT2D eigenvalue weighted by atomic mass is 10.0. The van der Waals surface area contributed by atoms with E-state index in [4.69, 9.17) is 10.5 Å². The van der Waals surface area contributed by atoms with E-state index >= 15 is 0 Å². The van der Waals surface area contributed by atoms with Crippen LogP contribution in [0.3, 0.4) is 0 Å². The largest absolute Gasteiger partial charge is 0.482 e. The van der Waals surface area contributed by atoms with E-state index in [1.165, 1.54) is 18.2 Å². The average molecular weight is 319 g/mol. The van der Waals surface area contributed by atoms with Crippen molar-refractivity contribution in [2.24, 2.45) is 5.73 Å². The van der Waals surface area contributed by atoms with E-state index < -0.39 is 18.1 Å². The number of halogens is 2. The summed E-state index contributed by atoms with van der Waals surface area (Å²) in [5, 5.41) is 2.86. The molecule has 0 aliphatic rings. The number of hydrogen-bond donors (Lipinski definition) is 1. The van der Waals surface area contributed by atoms with E-state index in [2.05, 4.69) is 0 Å². The van der Waals surface area contributed by atoms with Crippen LogP contribution in [0.25, 0.3) is 10.1 Å². The van der Waals surface area contributed by atoms with Crippen LogP contribution in [-0.2, 0) is 0 Å². The molecule has 3 rings (SSSR count). The Kier molecular flexibility index (Phi) is 4.36. The molecule has 2 N–H and O–H groups in total. The second-order valence-electron chi connectivity index (χ2n) is 4.93. The van der Waals surface area contributed by atoms with Crippen LogP contribution >= 0.6 is 11.3 Å². The van der Waals surface area contributed by atoms with E-state index in [1.54, 1.807) is 23.5 Å². The minimum absolute atomic E-state index is 0.194. The fraction of sp³-hybridized carbons (Fsp3) is 0.176. The van der Waals surface area contributed by atoms with Gasteiger partial charge in [0, 0.05) is 16.6 Å². The van der Waals surface area contributed by atoms with Gasteiger partial charge >= 0.3 is 0 Å². The summed E-state index contributed by atoms with van der Waals surface area (Å²) < 4.78 is 34.6. The molecule has 1 heterocycles. The molecule has 2 nitrogen and oxygen atoms in total. The predicted octanol–water partition coefficient (Wildman–Crippen LogP) is 4.46. The van der Waals surface area contributed by atoms with Gasteiger partial charge in [-0.1, -0.05) is 18.2 Å². The van der Waals surface area contributed by atoms with Crippen LogP contribution in [0.1, 0.15) is 11.7 Å². The van der Waals surface area contributed by atoms with E-state index in [0.29, 0.717) is 11.3 Å². The molecule has 0 unspecified atom stereocenters. The van der Waals surface area contributed by atoms with Gasteiger partial charge in [-0.05, 0) is 41.3 Å². The Morgan fingerprint density at radius 3 is 2.73 bits per heavy atom. The normalized spacial score (nSPS) is 14.0. The van der Waals surface area contributed by atoms with Gasteiger partial charge in [-0.15, -0.1) is 11.3 Å². The van der Waals surface area contributed by atoms with Crippen molar-refractivity contribution in [2.45, 2.75) is 12.3 Å². The highest BCUT2D eigenvalue weighted by atomic mass is 32.1. The zero-order valence-electron chi connectivity index (χ0n) is 11.7. The first-order valence-electron chi connectivity index (χ1n) is 6.91. The van der Waals surface area contributed by atoms with Gasteiger partial charge in [-0.25, -0.2) is 8.78 Å². The lowest BCUT2D eigenvalue weighted by Gasteiger charge is -2.23. The van der Waals surface area contributed by atoms with Crippen LogP contribution in [0, 0.1) is 5.82 Å². The van der Waals surface area contributed by atoms with Crippen LogP contribution in [0.4, 0.5) is 8.78 Å². The van der Waals surface area contributed by atoms with Crippen molar-refractivity contribution < 1.29 is 13.5 Å². The zero-order chi connectivity index (χ0) is 15.5. The van der Waals surface area contributed by atoms with Crippen molar-refractivity contribution >= 4 is 21.4 Å². The number of benzene rings is 2. The predicted molar refractivity (Wildman–Crippen MR) is 85.5 cm³/mol. The number of rotatable bonds is 5. The van der Waals surface area contributed by atoms with Gasteiger partial charge < -0.3 is 10.5 Å². The van der Waals surface area contributed by atoms with E-state index in [-0.39, 0.29) is 6.54 Å². The lowest BCUT2D eigenvalue weighted by Crippen LogP contribution is -2.27. The fourth-order valence-corrected chi connectivity index (χ4v) is 3.17. The first kappa shape index (κ1) is 14.9. The van der Waals surface area contributed by atoms with Gasteiger partial charge in [0.05, 0.1) is 0 Å². The Morgan fingerprint density at radius 2 is 1.95 bits per heavy atom. The molecule has 0 bridgehead atoms. The maximum atomic E-state index is 14.3. The molecule has 0 saturated heterocycles. The quantitative estimate of drug-likeness (QED) is 0.753. The lowest BCUT2D eigenvalue weighted by molar-refractivity contribution is 0.106. The van der Waals surface area contributed by atoms with Crippen molar-refractivity contribution in [3.8, 4) is 5.75 Å². The maximum Gasteiger partial charge on any atom is 0.156 e. The number of alkyl halides is 1. The molecule has 0 amide bonds. The highest BCUT2D eigenvalue weighted by molar-refractivity contribution is 7.17. The van der Waals surface area contributed by atoms with Gasteiger partial charge in [-0.2, -0.15) is 0 Å². The van der Waals surface area contributed by atoms with Crippen molar-refractivity contribution in [3.05, 3.63) is 65.3 Å². The van der Waals surface area contributed by atoms with Gasteiger partial charge in [-0.3, -0.25) is 0 Å². The number of nitrogens with two attached hydrogens (primary N) is 1. The third kappa shape index (κ3) is 2.96. The van der Waals surface area contributed by atoms with Crippen LogP contribution in [-0.4, -0.2) is 12.7 Å². The summed E-state index contributed by atoms with van der Waals surface area (Å²) in [6.45, 7) is -0.194. The smallest absolute Gasteiger partial charge is 0.156 e. The van der Waals surface area contributed by atoms with Gasteiger partial charge in [0.2, 0.25) is 0 Å². The number of thiophene rings is 1. The number of hydrogen-bond acceptors (Lipinski definition) is 3. The van der Waals surface area contributed by atoms with E-state index in [9.17, 15) is 8.78 Å². The summed E-state index contributed by atoms with van der Waals surface area (Å²) in [5.41, 5.74) is 5.88. The standard InChI is InChI=1S/C17H15F2NOS/c18-12-4-1-3-11(9-12)17(14(19)10-20)21-15-5-2-6-16-13(15)7-8-22-16/h1-9,14,17H,10,20H2/t14-,17-/m0/s1. The Bertz CT molecular complexity index is 774. The minimum atomic E-state index is -1.42. The molecule has 5 heteroatoms. The fourth-order valence-electron chi connectivity index (χ4n) is 2.36. The Labute approximate surface area is 131 Å². The summed E-state index contributed by atoms with van der Waals surface area (Å²) in [6, 6.07) is 13.3. The second kappa shape index (κ2) is 6.42. The van der Waals surface area contributed by atoms with E-state index in [1.807, 2.05) is 23.6 Å². The molecule has 114 valence electrons. The van der Waals surface area contributed by atoms with Gasteiger partial charge in [0.25, 0.3) is 0 Å². The Hall–Kier alpha value is -1.98. The summed E-state index contributed by atoms with van der Waals surface area (Å²) in [6.07, 6.45) is -2.36. The molecule has 0 aliphatic heterocycles. The monoisotopic (exact) mass is 319 g/mol. The molecule has 22 heavy (non-hydrogen) atoms. The highest BCUT2D eigenvalue weighted by Crippen LogP contribution is 2.34. The summed E-state index contributed by atoms with van der Waals surface area (Å²) >= 11 is 1.58. The first-order chi connectivity index (χ1) is 10.7. The van der Waals surface area contributed by atoms with Crippen molar-refractivity contribution in [3.63, 3.8) is 0 Å². The number of ether oxygens (including phenoxy) is 1.